The van der Waals surface area contributed by atoms with Crippen molar-refractivity contribution in [2.45, 2.75) is 32.4 Å². The number of para-hydroxylation sites is 1. The Morgan fingerprint density at radius 3 is 2.84 bits per heavy atom. The van der Waals surface area contributed by atoms with Crippen molar-refractivity contribution in [1.29, 1.82) is 0 Å². The highest BCUT2D eigenvalue weighted by Crippen LogP contribution is 2.26. The number of carboxylic acid groups (broad SMARTS) is 1. The van der Waals surface area contributed by atoms with Gasteiger partial charge in [0.1, 0.15) is 5.75 Å². The summed E-state index contributed by atoms with van der Waals surface area (Å²) in [6, 6.07) is 8.33. The van der Waals surface area contributed by atoms with Crippen LogP contribution < -0.4 is 4.74 Å². The van der Waals surface area contributed by atoms with E-state index in [4.69, 9.17) is 9.84 Å². The van der Waals surface area contributed by atoms with Crippen molar-refractivity contribution in [2.75, 3.05) is 13.7 Å². The molecule has 2 unspecified atom stereocenters. The second kappa shape index (κ2) is 6.06. The standard InChI is InChI=1S/C15H21NO3/c1-11-7-8-13(15(17)18)10-16(11)9-12-5-3-4-6-14(12)19-2/h3-6,11,13H,7-10H2,1-2H3,(H,17,18). The summed E-state index contributed by atoms with van der Waals surface area (Å²) in [6.07, 6.45) is 1.71. The minimum absolute atomic E-state index is 0.245. The maximum absolute atomic E-state index is 11.1. The Morgan fingerprint density at radius 2 is 2.16 bits per heavy atom. The van der Waals surface area contributed by atoms with E-state index in [1.807, 2.05) is 24.3 Å². The molecular formula is C15H21NO3. The van der Waals surface area contributed by atoms with Crippen molar-refractivity contribution in [3.63, 3.8) is 0 Å². The van der Waals surface area contributed by atoms with Crippen molar-refractivity contribution in [1.82, 2.24) is 4.90 Å². The molecule has 19 heavy (non-hydrogen) atoms. The number of carboxylic acids is 1. The number of hydrogen-bond acceptors (Lipinski definition) is 3. The lowest BCUT2D eigenvalue weighted by atomic mass is 9.93. The van der Waals surface area contributed by atoms with Crippen LogP contribution in [-0.2, 0) is 11.3 Å². The molecule has 1 fully saturated rings. The molecule has 2 atom stereocenters. The van der Waals surface area contributed by atoms with Crippen LogP contribution in [0.1, 0.15) is 25.3 Å². The highest BCUT2D eigenvalue weighted by molar-refractivity contribution is 5.70. The minimum Gasteiger partial charge on any atom is -0.496 e. The molecule has 0 spiro atoms. The van der Waals surface area contributed by atoms with Crippen molar-refractivity contribution in [2.24, 2.45) is 5.92 Å². The summed E-state index contributed by atoms with van der Waals surface area (Å²) in [5.41, 5.74) is 1.11. The number of piperidine rings is 1. The summed E-state index contributed by atoms with van der Waals surface area (Å²) in [5, 5.41) is 9.16. The third kappa shape index (κ3) is 3.26. The number of nitrogens with zero attached hydrogens (tertiary/aromatic N) is 1. The number of hydrogen-bond donors (Lipinski definition) is 1. The molecule has 0 radical (unpaired) electrons. The smallest absolute Gasteiger partial charge is 0.307 e. The third-order valence-corrected chi connectivity index (χ3v) is 3.93. The second-order valence-electron chi connectivity index (χ2n) is 5.20. The Labute approximate surface area is 114 Å². The van der Waals surface area contributed by atoms with E-state index in [0.717, 1.165) is 30.7 Å². The number of aliphatic carboxylic acids is 1. The average molecular weight is 263 g/mol. The largest absolute Gasteiger partial charge is 0.496 e. The average Bonchev–Trinajstić information content (AvgIpc) is 2.41. The van der Waals surface area contributed by atoms with Crippen LogP contribution >= 0.6 is 0 Å². The molecule has 1 aromatic rings. The Morgan fingerprint density at radius 1 is 1.42 bits per heavy atom. The fourth-order valence-corrected chi connectivity index (χ4v) is 2.65. The molecule has 0 amide bonds. The molecule has 1 heterocycles. The molecular weight excluding hydrogens is 242 g/mol. The van der Waals surface area contributed by atoms with Crippen molar-refractivity contribution < 1.29 is 14.6 Å². The monoisotopic (exact) mass is 263 g/mol. The number of rotatable bonds is 4. The maximum Gasteiger partial charge on any atom is 0.307 e. The van der Waals surface area contributed by atoms with Crippen LogP contribution in [0.5, 0.6) is 5.75 Å². The first kappa shape index (κ1) is 13.9. The van der Waals surface area contributed by atoms with E-state index in [0.29, 0.717) is 12.6 Å². The number of carbonyl (C=O) groups is 1. The number of ether oxygens (including phenoxy) is 1. The Balaban J connectivity index is 2.10. The van der Waals surface area contributed by atoms with Crippen molar-refractivity contribution in [3.05, 3.63) is 29.8 Å². The van der Waals surface area contributed by atoms with Crippen LogP contribution in [0.15, 0.2) is 24.3 Å². The maximum atomic E-state index is 11.1. The van der Waals surface area contributed by atoms with E-state index in [1.54, 1.807) is 7.11 Å². The zero-order chi connectivity index (χ0) is 13.8. The van der Waals surface area contributed by atoms with Crippen LogP contribution in [-0.4, -0.2) is 35.7 Å². The second-order valence-corrected chi connectivity index (χ2v) is 5.20. The lowest BCUT2D eigenvalue weighted by molar-refractivity contribution is -0.144. The fraction of sp³-hybridized carbons (Fsp3) is 0.533. The van der Waals surface area contributed by atoms with E-state index >= 15 is 0 Å². The summed E-state index contributed by atoms with van der Waals surface area (Å²) in [4.78, 5) is 13.4. The predicted molar refractivity (Wildman–Crippen MR) is 73.2 cm³/mol. The summed E-state index contributed by atoms with van der Waals surface area (Å²) in [7, 11) is 1.67. The van der Waals surface area contributed by atoms with E-state index in [2.05, 4.69) is 11.8 Å². The Bertz CT molecular complexity index is 447. The summed E-state index contributed by atoms with van der Waals surface area (Å²) >= 11 is 0. The molecule has 0 bridgehead atoms. The van der Waals surface area contributed by atoms with Gasteiger partial charge in [0.05, 0.1) is 13.0 Å². The fourth-order valence-electron chi connectivity index (χ4n) is 2.65. The van der Waals surface area contributed by atoms with Crippen LogP contribution in [0.25, 0.3) is 0 Å². The quantitative estimate of drug-likeness (QED) is 0.906. The highest BCUT2D eigenvalue weighted by atomic mass is 16.5. The molecule has 104 valence electrons. The number of likely N-dealkylation sites (tertiary alicyclic amines) is 1. The van der Waals surface area contributed by atoms with Gasteiger partial charge in [-0.25, -0.2) is 0 Å². The molecule has 1 saturated heterocycles. The molecule has 2 rings (SSSR count). The number of benzene rings is 1. The van der Waals surface area contributed by atoms with Gasteiger partial charge in [-0.15, -0.1) is 0 Å². The van der Waals surface area contributed by atoms with Gasteiger partial charge < -0.3 is 9.84 Å². The molecule has 4 nitrogen and oxygen atoms in total. The van der Waals surface area contributed by atoms with E-state index in [1.165, 1.54) is 0 Å². The Kier molecular flexibility index (Phi) is 4.43. The lowest BCUT2D eigenvalue weighted by Crippen LogP contribution is -2.43. The molecule has 0 aromatic heterocycles. The van der Waals surface area contributed by atoms with Gasteiger partial charge in [-0.1, -0.05) is 18.2 Å². The van der Waals surface area contributed by atoms with Crippen LogP contribution in [0.3, 0.4) is 0 Å². The first-order valence-corrected chi connectivity index (χ1v) is 6.70. The Hall–Kier alpha value is -1.55. The first-order valence-electron chi connectivity index (χ1n) is 6.70. The van der Waals surface area contributed by atoms with Crippen molar-refractivity contribution in [3.8, 4) is 5.75 Å². The van der Waals surface area contributed by atoms with Crippen LogP contribution in [0.2, 0.25) is 0 Å². The van der Waals surface area contributed by atoms with Gasteiger partial charge in [-0.3, -0.25) is 9.69 Å². The van der Waals surface area contributed by atoms with Gasteiger partial charge in [-0.2, -0.15) is 0 Å². The van der Waals surface area contributed by atoms with Gasteiger partial charge in [0.25, 0.3) is 0 Å². The van der Waals surface area contributed by atoms with Crippen LogP contribution in [0, 0.1) is 5.92 Å². The summed E-state index contributed by atoms with van der Waals surface area (Å²) in [5.74, 6) is -0.0602. The van der Waals surface area contributed by atoms with Gasteiger partial charge in [-0.05, 0) is 25.8 Å². The third-order valence-electron chi connectivity index (χ3n) is 3.93. The van der Waals surface area contributed by atoms with E-state index in [9.17, 15) is 4.79 Å². The minimum atomic E-state index is -0.683. The molecule has 0 aliphatic carbocycles. The van der Waals surface area contributed by atoms with Crippen LogP contribution in [0.4, 0.5) is 0 Å². The summed E-state index contributed by atoms with van der Waals surface area (Å²) in [6.45, 7) is 3.52. The van der Waals surface area contributed by atoms with Gasteiger partial charge in [0.15, 0.2) is 0 Å². The predicted octanol–water partition coefficient (Wildman–Crippen LogP) is 2.38. The SMILES string of the molecule is COc1ccccc1CN1CC(C(=O)O)CCC1C. The van der Waals surface area contributed by atoms with Gasteiger partial charge >= 0.3 is 5.97 Å². The van der Waals surface area contributed by atoms with Gasteiger partial charge in [0, 0.05) is 24.7 Å². The number of methoxy groups -OCH3 is 1. The van der Waals surface area contributed by atoms with E-state index < -0.39 is 5.97 Å². The molecule has 4 heteroatoms. The normalized spacial score (nSPS) is 24.1. The first-order chi connectivity index (χ1) is 9.11. The van der Waals surface area contributed by atoms with E-state index in [-0.39, 0.29) is 5.92 Å². The van der Waals surface area contributed by atoms with Crippen molar-refractivity contribution >= 4 is 5.97 Å². The molecule has 1 aliphatic rings. The zero-order valence-corrected chi connectivity index (χ0v) is 11.5. The zero-order valence-electron chi connectivity index (χ0n) is 11.5. The molecule has 1 N–H and O–H groups in total. The molecule has 0 saturated carbocycles. The molecule has 1 aromatic carbocycles. The lowest BCUT2D eigenvalue weighted by Gasteiger charge is -2.36. The highest BCUT2D eigenvalue weighted by Gasteiger charge is 2.29. The molecule has 1 aliphatic heterocycles. The van der Waals surface area contributed by atoms with Gasteiger partial charge in [0.2, 0.25) is 0 Å². The topological polar surface area (TPSA) is 49.8 Å². The summed E-state index contributed by atoms with van der Waals surface area (Å²) < 4.78 is 5.35.